The lowest BCUT2D eigenvalue weighted by molar-refractivity contribution is 0.353. The van der Waals surface area contributed by atoms with Crippen LogP contribution in [0.15, 0.2) is 46.3 Å². The van der Waals surface area contributed by atoms with E-state index in [0.29, 0.717) is 27.9 Å². The third kappa shape index (κ3) is 6.69. The molecule has 0 aliphatic carbocycles. The first-order valence-electron chi connectivity index (χ1n) is 19.1. The molecular weight excluding hydrogens is 783 g/mol. The second kappa shape index (κ2) is 14.1. The van der Waals surface area contributed by atoms with Crippen LogP contribution in [0, 0.1) is 0 Å². The Morgan fingerprint density at radius 1 is 0.964 bits per heavy atom. The molecule has 18 heteroatoms. The van der Waals surface area contributed by atoms with Crippen molar-refractivity contribution in [1.29, 1.82) is 0 Å². The second-order valence-electron chi connectivity index (χ2n) is 15.1. The molecule has 5 aliphatic heterocycles. The molecule has 0 saturated carbocycles. The summed E-state index contributed by atoms with van der Waals surface area (Å²) >= 11 is 0. The van der Waals surface area contributed by atoms with Crippen LogP contribution in [0.1, 0.15) is 71.2 Å². The number of anilines is 1. The molecule has 1 unspecified atom stereocenters. The fourth-order valence-electron chi connectivity index (χ4n) is 9.18. The van der Waals surface area contributed by atoms with E-state index in [9.17, 15) is 30.2 Å². The molecule has 0 amide bonds. The highest BCUT2D eigenvalue weighted by Crippen LogP contribution is 2.50. The van der Waals surface area contributed by atoms with Crippen LogP contribution in [0.25, 0.3) is 5.57 Å². The van der Waals surface area contributed by atoms with Gasteiger partial charge in [-0.2, -0.15) is 4.20 Å². The smallest absolute Gasteiger partial charge is 0.367 e. The first-order chi connectivity index (χ1) is 26.8. The van der Waals surface area contributed by atoms with Crippen molar-refractivity contribution < 1.29 is 39.4 Å². The lowest BCUT2D eigenvalue weighted by Crippen LogP contribution is -2.45. The predicted octanol–water partition coefficient (Wildman–Crippen LogP) is 3.30. The van der Waals surface area contributed by atoms with Gasteiger partial charge in [0.15, 0.2) is 0 Å². The summed E-state index contributed by atoms with van der Waals surface area (Å²) in [6, 6.07) is 7.88. The summed E-state index contributed by atoms with van der Waals surface area (Å²) in [7, 11) is -12.7. The van der Waals surface area contributed by atoms with Gasteiger partial charge in [0.2, 0.25) is 15.4 Å². The van der Waals surface area contributed by atoms with E-state index in [1.54, 1.807) is 0 Å². The number of rotatable bonds is 11. The molecule has 56 heavy (non-hydrogen) atoms. The van der Waals surface area contributed by atoms with Crippen molar-refractivity contribution in [2.75, 3.05) is 44.4 Å². The Morgan fingerprint density at radius 3 is 2.50 bits per heavy atom. The van der Waals surface area contributed by atoms with Crippen LogP contribution in [-0.2, 0) is 68.0 Å². The Morgan fingerprint density at radius 2 is 1.71 bits per heavy atom. The maximum Gasteiger partial charge on any atom is 0.367 e. The predicted molar refractivity (Wildman–Crippen MR) is 204 cm³/mol. The first-order valence-corrected chi connectivity index (χ1v) is 23.7. The number of aromatic nitrogens is 3. The van der Waals surface area contributed by atoms with E-state index in [-0.39, 0.29) is 36.9 Å². The summed E-state index contributed by atoms with van der Waals surface area (Å²) in [5.41, 5.74) is 7.32. The Bertz CT molecular complexity index is 2720. The number of aryl methyl sites for hydroxylation is 3. The fourth-order valence-corrected chi connectivity index (χ4v) is 11.7. The minimum atomic E-state index is -5.22. The van der Waals surface area contributed by atoms with Gasteiger partial charge in [0.05, 0.1) is 33.8 Å². The van der Waals surface area contributed by atoms with Crippen LogP contribution in [0.3, 0.4) is 0 Å². The van der Waals surface area contributed by atoms with Gasteiger partial charge in [0.1, 0.15) is 34.7 Å². The molecule has 3 aromatic carbocycles. The van der Waals surface area contributed by atoms with E-state index >= 15 is 0 Å². The summed E-state index contributed by atoms with van der Waals surface area (Å²) in [6.07, 6.45) is 8.48. The van der Waals surface area contributed by atoms with Gasteiger partial charge in [-0.25, -0.2) is 26.1 Å². The Labute approximate surface area is 324 Å². The van der Waals surface area contributed by atoms with E-state index < -0.39 is 37.6 Å². The Balaban J connectivity index is 1.15. The number of halogens is 1. The molecule has 6 heterocycles. The Hall–Kier alpha value is -3.99. The SMILES string of the molecule is COP(=O)(F)CCCn1cc(CNS(=O)(=O)c2ccc(C3=c4cc5c6c(c4Oc4c3cc3c7c4CCCN7CCC3)CCC[N+]=6CCC5)c(S(=O)(=O)[O-])c2)nn1. The van der Waals surface area contributed by atoms with Crippen molar-refractivity contribution in [1.82, 2.24) is 24.3 Å². The molecule has 0 spiro atoms. The van der Waals surface area contributed by atoms with Crippen molar-refractivity contribution in [2.24, 2.45) is 0 Å². The molecule has 1 N–H and O–H groups in total. The summed E-state index contributed by atoms with van der Waals surface area (Å²) < 4.78 is 110. The number of benzene rings is 3. The monoisotopic (exact) mass is 824 g/mol. The maximum atomic E-state index is 13.7. The molecule has 1 aromatic heterocycles. The van der Waals surface area contributed by atoms with Crippen molar-refractivity contribution in [2.45, 2.75) is 80.7 Å². The molecule has 9 rings (SSSR count). The summed E-state index contributed by atoms with van der Waals surface area (Å²) in [6.45, 7) is 3.71. The van der Waals surface area contributed by atoms with Crippen LogP contribution < -0.4 is 29.5 Å². The van der Waals surface area contributed by atoms with Gasteiger partial charge >= 0.3 is 7.68 Å². The number of fused-ring (bicyclic) bond motifs is 4. The number of nitrogens with zero attached hydrogens (tertiary/aromatic N) is 5. The first kappa shape index (κ1) is 37.6. The molecule has 14 nitrogen and oxygen atoms in total. The number of hydrogen-bond donors (Lipinski definition) is 1. The number of nitrogens with one attached hydrogen (secondary N) is 1. The van der Waals surface area contributed by atoms with E-state index in [1.807, 2.05) is 0 Å². The quantitative estimate of drug-likeness (QED) is 0.118. The topological polar surface area (TPSA) is 176 Å². The molecule has 0 radical (unpaired) electrons. The van der Waals surface area contributed by atoms with Crippen LogP contribution in [0.5, 0.6) is 11.5 Å². The van der Waals surface area contributed by atoms with Crippen molar-refractivity contribution in [3.8, 4) is 11.5 Å². The van der Waals surface area contributed by atoms with Gasteiger partial charge in [0, 0.05) is 84.5 Å². The van der Waals surface area contributed by atoms with Crippen LogP contribution in [0.2, 0.25) is 0 Å². The Kier molecular flexibility index (Phi) is 9.48. The zero-order valence-corrected chi connectivity index (χ0v) is 33.4. The minimum Gasteiger partial charge on any atom is -0.744 e. The summed E-state index contributed by atoms with van der Waals surface area (Å²) in [4.78, 5) is 1.38. The maximum absolute atomic E-state index is 13.7. The second-order valence-corrected chi connectivity index (χ2v) is 20.2. The van der Waals surface area contributed by atoms with Gasteiger partial charge in [-0.1, -0.05) is 11.3 Å². The van der Waals surface area contributed by atoms with Crippen molar-refractivity contribution in [3.63, 3.8) is 0 Å². The van der Waals surface area contributed by atoms with Crippen molar-refractivity contribution >= 4 is 39.1 Å². The largest absolute Gasteiger partial charge is 0.744 e. The van der Waals surface area contributed by atoms with E-state index in [2.05, 4.69) is 41.2 Å². The van der Waals surface area contributed by atoms with Crippen LogP contribution in [-0.4, -0.2) is 75.8 Å². The molecule has 296 valence electrons. The molecule has 1 atom stereocenters. The zero-order valence-electron chi connectivity index (χ0n) is 30.9. The lowest BCUT2D eigenvalue weighted by Gasteiger charge is -2.39. The standard InChI is InChI=1S/C38H42FN6O8PS2/c1-52-54(39,46)18-6-17-45-23-26(41-42-45)22-40-55(47,48)27-11-12-28(33(21-27)56(49,50)51)34-31-19-24-7-2-13-43-15-4-9-29(35(24)43)37(31)53-38-30-10-5-16-44-14-3-8-25(36(30)44)20-32(34)38/h11-12,19-21,23,40H,2-10,13-18,22H2,1H3. The molecule has 5 aliphatic rings. The third-order valence-electron chi connectivity index (χ3n) is 11.6. The molecule has 4 aromatic rings. The minimum absolute atomic E-state index is 0.130. The van der Waals surface area contributed by atoms with E-state index in [1.165, 1.54) is 34.1 Å². The molecule has 0 fully saturated rings. The number of ether oxygens (including phenoxy) is 1. The lowest BCUT2D eigenvalue weighted by atomic mass is 9.82. The highest BCUT2D eigenvalue weighted by molar-refractivity contribution is 7.89. The highest BCUT2D eigenvalue weighted by atomic mass is 32.2. The van der Waals surface area contributed by atoms with Gasteiger partial charge < -0.3 is 18.7 Å². The van der Waals surface area contributed by atoms with Crippen molar-refractivity contribution in [3.05, 3.63) is 86.2 Å². The average molecular weight is 825 g/mol. The van der Waals surface area contributed by atoms with Gasteiger partial charge in [-0.05, 0) is 74.8 Å². The zero-order chi connectivity index (χ0) is 39.0. The van der Waals surface area contributed by atoms with Gasteiger partial charge in [-0.15, -0.1) is 5.10 Å². The summed E-state index contributed by atoms with van der Waals surface area (Å²) in [5.74, 6) is 1.36. The summed E-state index contributed by atoms with van der Waals surface area (Å²) in [5, 5.41) is 9.77. The molecule has 0 saturated heterocycles. The third-order valence-corrected chi connectivity index (χ3v) is 15.3. The van der Waals surface area contributed by atoms with E-state index in [4.69, 9.17) is 4.74 Å². The molecule has 0 bridgehead atoms. The van der Waals surface area contributed by atoms with Crippen LogP contribution >= 0.6 is 7.68 Å². The van der Waals surface area contributed by atoms with Gasteiger partial charge in [-0.3, -0.25) is 9.25 Å². The van der Waals surface area contributed by atoms with Gasteiger partial charge in [0.25, 0.3) is 0 Å². The van der Waals surface area contributed by atoms with E-state index in [0.717, 1.165) is 113 Å². The number of sulfonamides is 1. The number of hydrogen-bond acceptors (Lipinski definition) is 11. The fraction of sp³-hybridized carbons (Fsp3) is 0.447. The molecular formula is C38H42FN6O8PS2. The normalized spacial score (nSPS) is 18.4. The average Bonchev–Trinajstić information content (AvgIpc) is 3.64. The van der Waals surface area contributed by atoms with Crippen LogP contribution in [0.4, 0.5) is 9.88 Å². The highest BCUT2D eigenvalue weighted by Gasteiger charge is 2.36.